The van der Waals surface area contributed by atoms with Crippen LogP contribution in [0.25, 0.3) is 21.4 Å². The highest BCUT2D eigenvalue weighted by Crippen LogP contribution is 2.22. The molecule has 0 spiro atoms. The summed E-state index contributed by atoms with van der Waals surface area (Å²) in [5.41, 5.74) is 8.86. The number of fused-ring (bicyclic) bond motifs is 1. The number of ether oxygens (including phenoxy) is 1. The molecule has 17 heavy (non-hydrogen) atoms. The molecular formula is C11H9N3O3. The molecule has 0 aliphatic rings. The summed E-state index contributed by atoms with van der Waals surface area (Å²) >= 11 is 0. The van der Waals surface area contributed by atoms with E-state index in [0.717, 1.165) is 5.39 Å². The fourth-order valence-electron chi connectivity index (χ4n) is 1.58. The van der Waals surface area contributed by atoms with Gasteiger partial charge in [0.2, 0.25) is 0 Å². The molecule has 0 aliphatic carbocycles. The van der Waals surface area contributed by atoms with E-state index in [-0.39, 0.29) is 6.54 Å². The van der Waals surface area contributed by atoms with Gasteiger partial charge in [-0.3, -0.25) is 0 Å². The van der Waals surface area contributed by atoms with Crippen LogP contribution in [-0.2, 0) is 6.54 Å². The highest BCUT2D eigenvalue weighted by atomic mass is 16.5. The van der Waals surface area contributed by atoms with Crippen molar-refractivity contribution in [1.82, 2.24) is 0 Å². The van der Waals surface area contributed by atoms with Gasteiger partial charge < -0.3 is 9.15 Å². The zero-order valence-electron chi connectivity index (χ0n) is 9.08. The molecule has 1 aromatic carbocycles. The van der Waals surface area contributed by atoms with E-state index in [4.69, 9.17) is 14.7 Å². The molecule has 0 N–H and O–H groups in total. The predicted octanol–water partition coefficient (Wildman–Crippen LogP) is 2.61. The standard InChI is InChI=1S/C11H9N3O3/c1-16-8-2-3-9-7(6-13-14-12)4-11(15)17-10(9)5-8/h2-5H,6H2,1H3. The molecule has 1 aromatic heterocycles. The first-order valence-corrected chi connectivity index (χ1v) is 4.86. The predicted molar refractivity (Wildman–Crippen MR) is 61.9 cm³/mol. The lowest BCUT2D eigenvalue weighted by Gasteiger charge is -2.04. The molecule has 6 heteroatoms. The van der Waals surface area contributed by atoms with Crippen molar-refractivity contribution in [3.05, 3.63) is 50.7 Å². The van der Waals surface area contributed by atoms with Crippen LogP contribution in [-0.4, -0.2) is 7.11 Å². The van der Waals surface area contributed by atoms with Gasteiger partial charge in [0.05, 0.1) is 13.7 Å². The van der Waals surface area contributed by atoms with Crippen LogP contribution in [0.1, 0.15) is 5.56 Å². The van der Waals surface area contributed by atoms with Gasteiger partial charge in [0.15, 0.2) is 0 Å². The largest absolute Gasteiger partial charge is 0.497 e. The summed E-state index contributed by atoms with van der Waals surface area (Å²) in [6.07, 6.45) is 0. The van der Waals surface area contributed by atoms with Crippen molar-refractivity contribution in [3.8, 4) is 5.75 Å². The Morgan fingerprint density at radius 3 is 3.00 bits per heavy atom. The zero-order valence-corrected chi connectivity index (χ0v) is 9.08. The van der Waals surface area contributed by atoms with Crippen LogP contribution in [0.3, 0.4) is 0 Å². The summed E-state index contributed by atoms with van der Waals surface area (Å²) in [5.74, 6) is 0.599. The molecule has 0 saturated heterocycles. The fraction of sp³-hybridized carbons (Fsp3) is 0.182. The molecule has 0 bridgehead atoms. The van der Waals surface area contributed by atoms with E-state index in [9.17, 15) is 4.79 Å². The monoisotopic (exact) mass is 231 g/mol. The van der Waals surface area contributed by atoms with Gasteiger partial charge in [-0.25, -0.2) is 4.79 Å². The molecule has 2 aromatic rings. The first-order valence-electron chi connectivity index (χ1n) is 4.86. The lowest BCUT2D eigenvalue weighted by atomic mass is 10.1. The lowest BCUT2D eigenvalue weighted by Crippen LogP contribution is -2.00. The van der Waals surface area contributed by atoms with Crippen LogP contribution in [0.4, 0.5) is 0 Å². The third-order valence-electron chi connectivity index (χ3n) is 2.34. The fourth-order valence-corrected chi connectivity index (χ4v) is 1.58. The Kier molecular flexibility index (Phi) is 2.98. The first kappa shape index (κ1) is 11.0. The average molecular weight is 231 g/mol. The van der Waals surface area contributed by atoms with Crippen molar-refractivity contribution < 1.29 is 9.15 Å². The van der Waals surface area contributed by atoms with Gasteiger partial charge in [-0.05, 0) is 23.2 Å². The van der Waals surface area contributed by atoms with Crippen molar-refractivity contribution in [2.24, 2.45) is 5.11 Å². The molecular weight excluding hydrogens is 222 g/mol. The first-order chi connectivity index (χ1) is 8.24. The maximum absolute atomic E-state index is 11.3. The van der Waals surface area contributed by atoms with Crippen LogP contribution in [0.15, 0.2) is 38.6 Å². The molecule has 2 rings (SSSR count). The Morgan fingerprint density at radius 2 is 2.29 bits per heavy atom. The summed E-state index contributed by atoms with van der Waals surface area (Å²) in [6, 6.07) is 6.46. The second-order valence-corrected chi connectivity index (χ2v) is 3.34. The highest BCUT2D eigenvalue weighted by Gasteiger charge is 2.05. The minimum atomic E-state index is -0.478. The summed E-state index contributed by atoms with van der Waals surface area (Å²) in [5, 5.41) is 4.18. The van der Waals surface area contributed by atoms with Crippen LogP contribution in [0.5, 0.6) is 5.75 Å². The van der Waals surface area contributed by atoms with Gasteiger partial charge in [0, 0.05) is 22.4 Å². The second kappa shape index (κ2) is 4.59. The third kappa shape index (κ3) is 2.21. The minimum absolute atomic E-state index is 0.116. The Bertz CT molecular complexity index is 657. The molecule has 0 aliphatic heterocycles. The van der Waals surface area contributed by atoms with E-state index in [1.54, 1.807) is 18.2 Å². The molecule has 0 radical (unpaired) electrons. The third-order valence-corrected chi connectivity index (χ3v) is 2.34. The molecule has 0 saturated carbocycles. The number of methoxy groups -OCH3 is 1. The van der Waals surface area contributed by atoms with E-state index in [2.05, 4.69) is 10.0 Å². The number of benzene rings is 1. The average Bonchev–Trinajstić information content (AvgIpc) is 2.34. The van der Waals surface area contributed by atoms with Crippen LogP contribution >= 0.6 is 0 Å². The van der Waals surface area contributed by atoms with E-state index >= 15 is 0 Å². The van der Waals surface area contributed by atoms with Gasteiger partial charge in [-0.15, -0.1) is 0 Å². The summed E-state index contributed by atoms with van der Waals surface area (Å²) in [4.78, 5) is 14.0. The van der Waals surface area contributed by atoms with Crippen LogP contribution in [0, 0.1) is 0 Å². The summed E-state index contributed by atoms with van der Waals surface area (Å²) in [6.45, 7) is 0.116. The number of azide groups is 1. The Balaban J connectivity index is 2.67. The minimum Gasteiger partial charge on any atom is -0.497 e. The van der Waals surface area contributed by atoms with Gasteiger partial charge in [-0.2, -0.15) is 0 Å². The maximum Gasteiger partial charge on any atom is 0.336 e. The van der Waals surface area contributed by atoms with E-state index in [1.807, 2.05) is 0 Å². The topological polar surface area (TPSA) is 88.2 Å². The van der Waals surface area contributed by atoms with Crippen molar-refractivity contribution in [3.63, 3.8) is 0 Å². The number of hydrogen-bond acceptors (Lipinski definition) is 4. The molecule has 6 nitrogen and oxygen atoms in total. The van der Waals surface area contributed by atoms with E-state index in [0.29, 0.717) is 16.9 Å². The quantitative estimate of drug-likeness (QED) is 0.352. The van der Waals surface area contributed by atoms with Gasteiger partial charge in [0.1, 0.15) is 11.3 Å². The summed E-state index contributed by atoms with van der Waals surface area (Å²) in [7, 11) is 1.53. The molecule has 0 fully saturated rings. The van der Waals surface area contributed by atoms with Crippen LogP contribution in [0.2, 0.25) is 0 Å². The van der Waals surface area contributed by atoms with Crippen molar-refractivity contribution in [2.75, 3.05) is 7.11 Å². The van der Waals surface area contributed by atoms with Crippen molar-refractivity contribution in [1.29, 1.82) is 0 Å². The van der Waals surface area contributed by atoms with Gasteiger partial charge >= 0.3 is 5.63 Å². The Morgan fingerprint density at radius 1 is 1.47 bits per heavy atom. The zero-order chi connectivity index (χ0) is 12.3. The SMILES string of the molecule is COc1ccc2c(CN=[N+]=[N-])cc(=O)oc2c1. The Labute approximate surface area is 96.1 Å². The molecule has 0 unspecified atom stereocenters. The molecule has 0 atom stereocenters. The smallest absolute Gasteiger partial charge is 0.336 e. The van der Waals surface area contributed by atoms with Crippen LogP contribution < -0.4 is 10.4 Å². The van der Waals surface area contributed by atoms with Crippen molar-refractivity contribution >= 4 is 11.0 Å². The number of nitrogens with zero attached hydrogens (tertiary/aromatic N) is 3. The highest BCUT2D eigenvalue weighted by molar-refractivity contribution is 5.81. The Hall–Kier alpha value is -2.46. The molecule has 86 valence electrons. The van der Waals surface area contributed by atoms with Crippen molar-refractivity contribution in [2.45, 2.75) is 6.54 Å². The van der Waals surface area contributed by atoms with Gasteiger partial charge in [-0.1, -0.05) is 5.11 Å². The summed E-state index contributed by atoms with van der Waals surface area (Å²) < 4.78 is 10.1. The maximum atomic E-state index is 11.3. The number of hydrogen-bond donors (Lipinski definition) is 0. The second-order valence-electron chi connectivity index (χ2n) is 3.34. The lowest BCUT2D eigenvalue weighted by molar-refractivity contribution is 0.414. The number of rotatable bonds is 3. The van der Waals surface area contributed by atoms with E-state index < -0.39 is 5.63 Å². The molecule has 1 heterocycles. The molecule has 0 amide bonds. The van der Waals surface area contributed by atoms with Gasteiger partial charge in [0.25, 0.3) is 0 Å². The normalized spacial score (nSPS) is 9.94. The van der Waals surface area contributed by atoms with E-state index in [1.165, 1.54) is 13.2 Å².